The first-order valence-electron chi connectivity index (χ1n) is 11.8. The summed E-state index contributed by atoms with van der Waals surface area (Å²) in [7, 11) is 0. The van der Waals surface area contributed by atoms with Crippen molar-refractivity contribution in [1.29, 1.82) is 0 Å². The average Bonchev–Trinajstić information content (AvgIpc) is 2.85. The molecule has 6 nitrogen and oxygen atoms in total. The molecule has 6 heteroatoms. The molecule has 3 aliphatic rings. The van der Waals surface area contributed by atoms with Crippen LogP contribution in [0.1, 0.15) is 42.6 Å². The van der Waals surface area contributed by atoms with Gasteiger partial charge in [0, 0.05) is 37.0 Å². The van der Waals surface area contributed by atoms with E-state index in [9.17, 15) is 10.2 Å². The van der Waals surface area contributed by atoms with E-state index >= 15 is 0 Å². The van der Waals surface area contributed by atoms with Gasteiger partial charge >= 0.3 is 0 Å². The fourth-order valence-electron chi connectivity index (χ4n) is 5.42. The monoisotopic (exact) mass is 447 g/mol. The molecule has 3 heterocycles. The molecule has 1 fully saturated rings. The second-order valence-electron chi connectivity index (χ2n) is 9.43. The minimum atomic E-state index is -0.600. The van der Waals surface area contributed by atoms with Gasteiger partial charge in [0.25, 0.3) is 0 Å². The number of likely N-dealkylation sites (tertiary alicyclic amines) is 1. The van der Waals surface area contributed by atoms with Crippen LogP contribution in [0.4, 0.5) is 0 Å². The quantitative estimate of drug-likeness (QED) is 0.633. The van der Waals surface area contributed by atoms with Gasteiger partial charge in [-0.3, -0.25) is 0 Å². The third-order valence-electron chi connectivity index (χ3n) is 7.30. The van der Waals surface area contributed by atoms with Gasteiger partial charge in [0.1, 0.15) is 24.6 Å². The van der Waals surface area contributed by atoms with Crippen molar-refractivity contribution < 1.29 is 24.4 Å². The normalized spacial score (nSPS) is 22.5. The van der Waals surface area contributed by atoms with Crippen LogP contribution < -0.4 is 14.2 Å². The SMILES string of the molecule is O[C@@H]1CC2(CCN(C[C@H](O)c3ccc4c(c3)OCCO4)CC2)Oc2c1ccc1ccccc21. The number of hydrogen-bond donors (Lipinski definition) is 2. The van der Waals surface area contributed by atoms with Crippen molar-refractivity contribution in [2.45, 2.75) is 37.1 Å². The van der Waals surface area contributed by atoms with Crippen LogP contribution in [0.25, 0.3) is 10.8 Å². The van der Waals surface area contributed by atoms with Crippen LogP contribution >= 0.6 is 0 Å². The molecule has 1 spiro atoms. The smallest absolute Gasteiger partial charge is 0.161 e. The second-order valence-corrected chi connectivity index (χ2v) is 9.43. The number of β-amino-alcohol motifs (C(OH)–C–C–N with tert-alkyl or cyclic N) is 1. The number of fused-ring (bicyclic) bond motifs is 4. The lowest BCUT2D eigenvalue weighted by molar-refractivity contribution is -0.0577. The molecular formula is C27H29NO5. The lowest BCUT2D eigenvalue weighted by Gasteiger charge is -2.46. The lowest BCUT2D eigenvalue weighted by Crippen LogP contribution is -2.51. The van der Waals surface area contributed by atoms with E-state index in [0.29, 0.717) is 31.9 Å². The zero-order valence-electron chi connectivity index (χ0n) is 18.6. The number of rotatable bonds is 3. The zero-order valence-corrected chi connectivity index (χ0v) is 18.6. The Morgan fingerprint density at radius 1 is 0.970 bits per heavy atom. The summed E-state index contributed by atoms with van der Waals surface area (Å²) in [4.78, 5) is 2.28. The van der Waals surface area contributed by atoms with Crippen molar-refractivity contribution in [3.05, 3.63) is 65.7 Å². The highest BCUT2D eigenvalue weighted by atomic mass is 16.6. The van der Waals surface area contributed by atoms with Gasteiger partial charge in [0.15, 0.2) is 11.5 Å². The van der Waals surface area contributed by atoms with E-state index in [1.165, 1.54) is 0 Å². The Morgan fingerprint density at radius 2 is 1.76 bits per heavy atom. The molecule has 1 saturated heterocycles. The Hall–Kier alpha value is -2.80. The van der Waals surface area contributed by atoms with Crippen molar-refractivity contribution in [2.24, 2.45) is 0 Å². The van der Waals surface area contributed by atoms with Crippen LogP contribution in [0.5, 0.6) is 17.2 Å². The van der Waals surface area contributed by atoms with Crippen LogP contribution in [0.2, 0.25) is 0 Å². The van der Waals surface area contributed by atoms with Crippen molar-refractivity contribution >= 4 is 10.8 Å². The minimum Gasteiger partial charge on any atom is -0.486 e. The molecule has 0 aromatic heterocycles. The number of piperidine rings is 1. The summed E-state index contributed by atoms with van der Waals surface area (Å²) in [5.74, 6) is 2.26. The molecule has 0 unspecified atom stereocenters. The van der Waals surface area contributed by atoms with Crippen molar-refractivity contribution in [1.82, 2.24) is 4.90 Å². The fourth-order valence-corrected chi connectivity index (χ4v) is 5.42. The number of ether oxygens (including phenoxy) is 3. The molecule has 172 valence electrons. The van der Waals surface area contributed by atoms with Crippen LogP contribution in [0.15, 0.2) is 54.6 Å². The predicted octanol–water partition coefficient (Wildman–Crippen LogP) is 4.00. The largest absolute Gasteiger partial charge is 0.486 e. The highest BCUT2D eigenvalue weighted by molar-refractivity contribution is 5.90. The van der Waals surface area contributed by atoms with E-state index < -0.39 is 12.2 Å². The van der Waals surface area contributed by atoms with Gasteiger partial charge in [0.05, 0.1) is 12.2 Å². The van der Waals surface area contributed by atoms with Crippen LogP contribution in [0, 0.1) is 0 Å². The van der Waals surface area contributed by atoms with Gasteiger partial charge < -0.3 is 29.3 Å². The first kappa shape index (κ1) is 20.8. The molecule has 0 saturated carbocycles. The number of aliphatic hydroxyl groups excluding tert-OH is 2. The fraction of sp³-hybridized carbons (Fsp3) is 0.407. The minimum absolute atomic E-state index is 0.366. The second kappa shape index (κ2) is 8.20. The van der Waals surface area contributed by atoms with Gasteiger partial charge in [-0.1, -0.05) is 42.5 Å². The van der Waals surface area contributed by atoms with E-state index in [-0.39, 0.29) is 5.60 Å². The van der Waals surface area contributed by atoms with Gasteiger partial charge in [0.2, 0.25) is 0 Å². The van der Waals surface area contributed by atoms with Gasteiger partial charge in [-0.25, -0.2) is 0 Å². The van der Waals surface area contributed by atoms with Crippen LogP contribution in [-0.4, -0.2) is 53.6 Å². The molecule has 0 bridgehead atoms. The predicted molar refractivity (Wildman–Crippen MR) is 125 cm³/mol. The Morgan fingerprint density at radius 3 is 2.61 bits per heavy atom. The third kappa shape index (κ3) is 3.82. The maximum atomic E-state index is 10.9. The standard InChI is InChI=1S/C27H29NO5/c29-22-16-27(33-26-20-4-2-1-3-18(20)5-7-21(22)26)9-11-28(12-10-27)17-23(30)19-6-8-24-25(15-19)32-14-13-31-24/h1-8,15,22-23,29-30H,9-14,16-17H2/t22-,23+/m1/s1. The van der Waals surface area contributed by atoms with Crippen molar-refractivity contribution in [3.8, 4) is 17.2 Å². The molecule has 2 N–H and O–H groups in total. The van der Waals surface area contributed by atoms with Crippen LogP contribution in [-0.2, 0) is 0 Å². The van der Waals surface area contributed by atoms with Gasteiger partial charge in [-0.2, -0.15) is 0 Å². The molecule has 3 aliphatic heterocycles. The Balaban J connectivity index is 1.15. The molecule has 6 rings (SSSR count). The lowest BCUT2D eigenvalue weighted by atomic mass is 9.81. The van der Waals surface area contributed by atoms with Gasteiger partial charge in [-0.05, 0) is 35.9 Å². The zero-order chi connectivity index (χ0) is 22.4. The Bertz CT molecular complexity index is 1170. The summed E-state index contributed by atoms with van der Waals surface area (Å²) < 4.78 is 17.9. The van der Waals surface area contributed by atoms with Crippen molar-refractivity contribution in [2.75, 3.05) is 32.8 Å². The maximum Gasteiger partial charge on any atom is 0.161 e. The number of benzene rings is 3. The molecule has 33 heavy (non-hydrogen) atoms. The number of hydrogen-bond acceptors (Lipinski definition) is 6. The van der Waals surface area contributed by atoms with Crippen molar-refractivity contribution in [3.63, 3.8) is 0 Å². The summed E-state index contributed by atoms with van der Waals surface area (Å²) in [6.07, 6.45) is 1.13. The van der Waals surface area contributed by atoms with E-state index in [1.54, 1.807) is 0 Å². The van der Waals surface area contributed by atoms with E-state index in [4.69, 9.17) is 14.2 Å². The first-order valence-corrected chi connectivity index (χ1v) is 11.8. The highest BCUT2D eigenvalue weighted by Gasteiger charge is 2.43. The molecule has 3 aromatic rings. The first-order chi connectivity index (χ1) is 16.1. The molecule has 3 aromatic carbocycles. The Labute approximate surface area is 193 Å². The number of nitrogens with zero attached hydrogens (tertiary/aromatic N) is 1. The molecule has 2 atom stereocenters. The number of aliphatic hydroxyl groups is 2. The van der Waals surface area contributed by atoms with Gasteiger partial charge in [-0.15, -0.1) is 0 Å². The molecule has 0 aliphatic carbocycles. The summed E-state index contributed by atoms with van der Waals surface area (Å²) in [6, 6.07) is 17.9. The summed E-state index contributed by atoms with van der Waals surface area (Å²) >= 11 is 0. The molecule has 0 amide bonds. The molecule has 0 radical (unpaired) electrons. The van der Waals surface area contributed by atoms with Crippen LogP contribution in [0.3, 0.4) is 0 Å². The maximum absolute atomic E-state index is 10.9. The summed E-state index contributed by atoms with van der Waals surface area (Å²) in [5, 5.41) is 24.0. The highest BCUT2D eigenvalue weighted by Crippen LogP contribution is 2.47. The average molecular weight is 448 g/mol. The topological polar surface area (TPSA) is 71.4 Å². The van der Waals surface area contributed by atoms with E-state index in [0.717, 1.165) is 59.3 Å². The Kier molecular flexibility index (Phi) is 5.17. The van der Waals surface area contributed by atoms with E-state index in [2.05, 4.69) is 23.1 Å². The van der Waals surface area contributed by atoms with E-state index in [1.807, 2.05) is 36.4 Å². The summed E-state index contributed by atoms with van der Waals surface area (Å²) in [6.45, 7) is 3.27. The molecular weight excluding hydrogens is 418 g/mol. The summed E-state index contributed by atoms with van der Waals surface area (Å²) in [5.41, 5.74) is 1.36. The third-order valence-corrected chi connectivity index (χ3v) is 7.30.